The minimum atomic E-state index is -0.601. The van der Waals surface area contributed by atoms with E-state index in [2.05, 4.69) is 9.97 Å². The summed E-state index contributed by atoms with van der Waals surface area (Å²) in [6.07, 6.45) is 3.50. The van der Waals surface area contributed by atoms with Crippen molar-refractivity contribution in [2.45, 2.75) is 42.8 Å². The van der Waals surface area contributed by atoms with Crippen molar-refractivity contribution >= 4 is 11.8 Å². The van der Waals surface area contributed by atoms with Crippen LogP contribution in [-0.2, 0) is 13.1 Å². The average Bonchev–Trinajstić information content (AvgIpc) is 2.93. The van der Waals surface area contributed by atoms with Crippen molar-refractivity contribution in [3.05, 3.63) is 71.4 Å². The van der Waals surface area contributed by atoms with E-state index in [0.717, 1.165) is 28.2 Å². The van der Waals surface area contributed by atoms with Crippen LogP contribution in [0.4, 0.5) is 8.78 Å². The molecule has 3 rings (SSSR count). The average molecular weight is 374 g/mol. The van der Waals surface area contributed by atoms with Gasteiger partial charge in [-0.15, -0.1) is 0 Å². The van der Waals surface area contributed by atoms with Gasteiger partial charge >= 0.3 is 0 Å². The quantitative estimate of drug-likeness (QED) is 0.697. The van der Waals surface area contributed by atoms with Gasteiger partial charge in [0.1, 0.15) is 22.5 Å². The molecule has 0 amide bonds. The molecule has 7 heteroatoms. The van der Waals surface area contributed by atoms with Crippen LogP contribution in [-0.4, -0.2) is 14.5 Å². The Bertz CT molecular complexity index is 874. The fourth-order valence-electron chi connectivity index (χ4n) is 2.68. The largest absolute Gasteiger partial charge is 0.324 e. The summed E-state index contributed by atoms with van der Waals surface area (Å²) in [5.41, 5.74) is 7.77. The zero-order valence-electron chi connectivity index (χ0n) is 14.6. The Kier molecular flexibility index (Phi) is 5.68. The van der Waals surface area contributed by atoms with Crippen LogP contribution < -0.4 is 5.73 Å². The second-order valence-electron chi connectivity index (χ2n) is 6.23. The van der Waals surface area contributed by atoms with E-state index < -0.39 is 11.6 Å². The Labute approximate surface area is 155 Å². The number of rotatable bonds is 6. The molecule has 0 saturated heterocycles. The number of benzene rings is 1. The van der Waals surface area contributed by atoms with Crippen LogP contribution in [0.2, 0.25) is 0 Å². The molecule has 0 unspecified atom stereocenters. The molecule has 0 bridgehead atoms. The molecule has 0 atom stereocenters. The van der Waals surface area contributed by atoms with Gasteiger partial charge in [-0.05, 0) is 29.7 Å². The number of imidazole rings is 1. The lowest BCUT2D eigenvalue weighted by molar-refractivity contribution is 0.577. The highest BCUT2D eigenvalue weighted by atomic mass is 32.2. The maximum absolute atomic E-state index is 13.6. The third-order valence-corrected chi connectivity index (χ3v) is 4.96. The number of nitrogens with two attached hydrogens (primary N) is 1. The molecule has 0 aliphatic carbocycles. The van der Waals surface area contributed by atoms with Crippen molar-refractivity contribution < 1.29 is 8.78 Å². The molecule has 2 aromatic heterocycles. The summed E-state index contributed by atoms with van der Waals surface area (Å²) in [6, 6.07) is 7.35. The van der Waals surface area contributed by atoms with Gasteiger partial charge in [0.15, 0.2) is 0 Å². The molecule has 0 saturated carbocycles. The van der Waals surface area contributed by atoms with E-state index in [1.165, 1.54) is 23.9 Å². The third kappa shape index (κ3) is 4.11. The van der Waals surface area contributed by atoms with Crippen LogP contribution in [0.1, 0.15) is 36.8 Å². The molecule has 0 aliphatic rings. The standard InChI is InChI=1S/C19H20F2N4S/c1-12(2)18-19(26-16-7-14(20)6-15(21)8-16)25(17(9-22)24-18)11-13-4-3-5-23-10-13/h3-8,10,12H,9,11,22H2,1-2H3. The van der Waals surface area contributed by atoms with Gasteiger partial charge in [-0.1, -0.05) is 31.7 Å². The minimum absolute atomic E-state index is 0.149. The third-order valence-electron chi connectivity index (χ3n) is 3.87. The Morgan fingerprint density at radius 1 is 1.19 bits per heavy atom. The van der Waals surface area contributed by atoms with E-state index in [1.54, 1.807) is 12.4 Å². The Balaban J connectivity index is 2.07. The normalized spacial score (nSPS) is 11.3. The van der Waals surface area contributed by atoms with Crippen LogP contribution in [0.3, 0.4) is 0 Å². The molecule has 136 valence electrons. The maximum Gasteiger partial charge on any atom is 0.127 e. The highest BCUT2D eigenvalue weighted by Crippen LogP contribution is 2.35. The highest BCUT2D eigenvalue weighted by molar-refractivity contribution is 7.99. The maximum atomic E-state index is 13.6. The lowest BCUT2D eigenvalue weighted by Crippen LogP contribution is -2.10. The molecule has 0 spiro atoms. The molecule has 26 heavy (non-hydrogen) atoms. The minimum Gasteiger partial charge on any atom is -0.324 e. The zero-order valence-corrected chi connectivity index (χ0v) is 15.4. The van der Waals surface area contributed by atoms with Crippen molar-refractivity contribution in [2.24, 2.45) is 5.73 Å². The number of nitrogens with zero attached hydrogens (tertiary/aromatic N) is 3. The lowest BCUT2D eigenvalue weighted by Gasteiger charge is -2.13. The van der Waals surface area contributed by atoms with E-state index in [1.807, 2.05) is 30.5 Å². The summed E-state index contributed by atoms with van der Waals surface area (Å²) < 4.78 is 29.2. The first-order valence-corrected chi connectivity index (χ1v) is 9.11. The van der Waals surface area contributed by atoms with Gasteiger partial charge in [0, 0.05) is 23.4 Å². The fraction of sp³-hybridized carbons (Fsp3) is 0.263. The summed E-state index contributed by atoms with van der Waals surface area (Å²) in [4.78, 5) is 9.31. The van der Waals surface area contributed by atoms with Crippen LogP contribution >= 0.6 is 11.8 Å². The van der Waals surface area contributed by atoms with Crippen molar-refractivity contribution in [2.75, 3.05) is 0 Å². The van der Waals surface area contributed by atoms with Crippen molar-refractivity contribution in [1.29, 1.82) is 0 Å². The van der Waals surface area contributed by atoms with Gasteiger partial charge < -0.3 is 10.3 Å². The van der Waals surface area contributed by atoms with Crippen molar-refractivity contribution in [3.8, 4) is 0 Å². The first-order chi connectivity index (χ1) is 12.5. The summed E-state index contributed by atoms with van der Waals surface area (Å²) in [7, 11) is 0. The molecule has 2 heterocycles. The highest BCUT2D eigenvalue weighted by Gasteiger charge is 2.20. The van der Waals surface area contributed by atoms with E-state index in [-0.39, 0.29) is 12.5 Å². The van der Waals surface area contributed by atoms with E-state index in [0.29, 0.717) is 11.4 Å². The Morgan fingerprint density at radius 2 is 1.92 bits per heavy atom. The van der Waals surface area contributed by atoms with Gasteiger partial charge in [-0.25, -0.2) is 13.8 Å². The smallest absolute Gasteiger partial charge is 0.127 e. The molecule has 4 nitrogen and oxygen atoms in total. The van der Waals surface area contributed by atoms with Crippen molar-refractivity contribution in [1.82, 2.24) is 14.5 Å². The predicted molar refractivity (Wildman–Crippen MR) is 98.0 cm³/mol. The second-order valence-corrected chi connectivity index (χ2v) is 7.29. The Hall–Kier alpha value is -2.25. The van der Waals surface area contributed by atoms with Crippen LogP contribution in [0, 0.1) is 11.6 Å². The molecular formula is C19H20F2N4S. The predicted octanol–water partition coefficient (Wildman–Crippen LogP) is 4.34. The molecule has 1 aromatic carbocycles. The summed E-state index contributed by atoms with van der Waals surface area (Å²) >= 11 is 1.30. The summed E-state index contributed by atoms with van der Waals surface area (Å²) in [6.45, 7) is 4.89. The molecule has 0 fully saturated rings. The molecule has 0 radical (unpaired) electrons. The van der Waals surface area contributed by atoms with Gasteiger partial charge in [0.2, 0.25) is 0 Å². The summed E-state index contributed by atoms with van der Waals surface area (Å²) in [5.74, 6) is -0.319. The zero-order chi connectivity index (χ0) is 18.7. The molecule has 2 N–H and O–H groups in total. The lowest BCUT2D eigenvalue weighted by atomic mass is 10.1. The Morgan fingerprint density at radius 3 is 2.50 bits per heavy atom. The number of hydrogen-bond donors (Lipinski definition) is 1. The number of aromatic nitrogens is 3. The topological polar surface area (TPSA) is 56.7 Å². The number of halogens is 2. The summed E-state index contributed by atoms with van der Waals surface area (Å²) in [5, 5.41) is 0.842. The van der Waals surface area contributed by atoms with Gasteiger partial charge in [-0.2, -0.15) is 0 Å². The van der Waals surface area contributed by atoms with Crippen LogP contribution in [0.5, 0.6) is 0 Å². The fourth-order valence-corrected chi connectivity index (χ4v) is 3.91. The van der Waals surface area contributed by atoms with E-state index in [9.17, 15) is 8.78 Å². The molecule has 3 aromatic rings. The number of hydrogen-bond acceptors (Lipinski definition) is 4. The van der Waals surface area contributed by atoms with Gasteiger partial charge in [-0.3, -0.25) is 4.98 Å². The molecule has 0 aliphatic heterocycles. The SMILES string of the molecule is CC(C)c1nc(CN)n(Cc2cccnc2)c1Sc1cc(F)cc(F)c1. The second kappa shape index (κ2) is 7.97. The van der Waals surface area contributed by atoms with Gasteiger partial charge in [0.05, 0.1) is 18.8 Å². The van der Waals surface area contributed by atoms with Crippen LogP contribution in [0.25, 0.3) is 0 Å². The van der Waals surface area contributed by atoms with Crippen LogP contribution in [0.15, 0.2) is 52.6 Å². The first-order valence-electron chi connectivity index (χ1n) is 8.30. The van der Waals surface area contributed by atoms with Gasteiger partial charge in [0.25, 0.3) is 0 Å². The first kappa shape index (κ1) is 18.5. The van der Waals surface area contributed by atoms with E-state index in [4.69, 9.17) is 5.73 Å². The van der Waals surface area contributed by atoms with E-state index >= 15 is 0 Å². The number of pyridine rings is 1. The monoisotopic (exact) mass is 374 g/mol. The van der Waals surface area contributed by atoms with Crippen molar-refractivity contribution in [3.63, 3.8) is 0 Å². The molecular weight excluding hydrogens is 354 g/mol.